The van der Waals surface area contributed by atoms with Gasteiger partial charge in [-0.15, -0.1) is 0 Å². The van der Waals surface area contributed by atoms with E-state index in [-0.39, 0.29) is 0 Å². The average molecular weight is 669 g/mol. The van der Waals surface area contributed by atoms with Gasteiger partial charge in [0.05, 0.1) is 26.2 Å². The Labute approximate surface area is 298 Å². The minimum atomic E-state index is 0.433. The fourth-order valence-corrected chi connectivity index (χ4v) is 12.4. The monoisotopic (exact) mass is 669 g/mol. The van der Waals surface area contributed by atoms with Crippen molar-refractivity contribution < 1.29 is 4.48 Å². The molecule has 0 saturated heterocycles. The Morgan fingerprint density at radius 1 is 0.854 bits per heavy atom. The summed E-state index contributed by atoms with van der Waals surface area (Å²) in [5.74, 6) is 6.80. The van der Waals surface area contributed by atoms with Crippen molar-refractivity contribution in [3.63, 3.8) is 0 Å². The molecule has 4 aliphatic carbocycles. The first-order valence-corrected chi connectivity index (χ1v) is 21.0. The van der Waals surface area contributed by atoms with Crippen LogP contribution < -0.4 is 22.5 Å². The molecule has 0 bridgehead atoms. The topological polar surface area (TPSA) is 90.1 Å². The molecular formula is C43H82N5+. The van der Waals surface area contributed by atoms with Crippen LogP contribution >= 0.6 is 0 Å². The SMILES string of the molecule is CC=C(NCCC[N+](CCN)(CCCN)CCCN)C(C)C1CCC2(C)C(=CCC3C2CCC2(C)C(C(C)CCCC(C)C)CCC32)C1. The summed E-state index contributed by atoms with van der Waals surface area (Å²) in [6.45, 7) is 25.3. The molecule has 0 aromatic heterocycles. The van der Waals surface area contributed by atoms with Gasteiger partial charge in [-0.1, -0.05) is 78.5 Å². The van der Waals surface area contributed by atoms with Gasteiger partial charge in [-0.05, 0) is 130 Å². The number of nitrogens with two attached hydrogens (primary N) is 3. The third kappa shape index (κ3) is 8.94. The summed E-state index contributed by atoms with van der Waals surface area (Å²) < 4.78 is 1.07. The van der Waals surface area contributed by atoms with Crippen LogP contribution in [-0.2, 0) is 0 Å². The van der Waals surface area contributed by atoms with Gasteiger partial charge in [0.25, 0.3) is 0 Å². The fourth-order valence-electron chi connectivity index (χ4n) is 12.4. The highest BCUT2D eigenvalue weighted by Gasteiger charge is 2.59. The van der Waals surface area contributed by atoms with E-state index in [1.807, 2.05) is 5.57 Å². The molecule has 0 aromatic rings. The van der Waals surface area contributed by atoms with Crippen LogP contribution in [0.15, 0.2) is 23.4 Å². The Morgan fingerprint density at radius 3 is 2.21 bits per heavy atom. The van der Waals surface area contributed by atoms with Crippen molar-refractivity contribution in [2.75, 3.05) is 52.4 Å². The zero-order valence-electron chi connectivity index (χ0n) is 33.0. The summed E-state index contributed by atoms with van der Waals surface area (Å²) in [7, 11) is 0. The van der Waals surface area contributed by atoms with Crippen molar-refractivity contribution in [3.05, 3.63) is 23.4 Å². The third-order valence-corrected chi connectivity index (χ3v) is 15.3. The number of nitrogens with one attached hydrogen (secondary N) is 1. The predicted octanol–water partition coefficient (Wildman–Crippen LogP) is 8.64. The number of fused-ring (bicyclic) bond motifs is 5. The van der Waals surface area contributed by atoms with Gasteiger partial charge in [-0.3, -0.25) is 0 Å². The van der Waals surface area contributed by atoms with Crippen molar-refractivity contribution in [1.82, 2.24) is 5.32 Å². The van der Waals surface area contributed by atoms with Gasteiger partial charge in [0.2, 0.25) is 0 Å². The Bertz CT molecular complexity index is 1030. The highest BCUT2D eigenvalue weighted by atomic mass is 15.4. The molecule has 4 rings (SSSR count). The van der Waals surface area contributed by atoms with Crippen LogP contribution in [-0.4, -0.2) is 56.8 Å². The van der Waals surface area contributed by atoms with Crippen LogP contribution in [0, 0.1) is 58.2 Å². The maximum absolute atomic E-state index is 6.11. The summed E-state index contributed by atoms with van der Waals surface area (Å²) in [4.78, 5) is 0. The second-order valence-electron chi connectivity index (χ2n) is 18.4. The van der Waals surface area contributed by atoms with Crippen molar-refractivity contribution in [3.8, 4) is 0 Å². The van der Waals surface area contributed by atoms with Crippen LogP contribution in [0.4, 0.5) is 0 Å². The number of quaternary nitrogens is 1. The highest BCUT2D eigenvalue weighted by molar-refractivity contribution is 5.26. The summed E-state index contributed by atoms with van der Waals surface area (Å²) >= 11 is 0. The van der Waals surface area contributed by atoms with E-state index in [9.17, 15) is 0 Å². The Morgan fingerprint density at radius 2 is 1.56 bits per heavy atom. The molecule has 9 atom stereocenters. The van der Waals surface area contributed by atoms with Crippen LogP contribution in [0.2, 0.25) is 0 Å². The molecule has 0 aliphatic heterocycles. The molecule has 0 heterocycles. The second-order valence-corrected chi connectivity index (χ2v) is 18.4. The standard InChI is InChI=1S/C43H82N5/c1-8-41(47-26-12-29-48(30-25-46,27-10-23-44)28-11-24-45)34(5)35-19-21-42(6)36(31-35)15-16-37-39-18-17-38(33(4)14-9-13-32(2)3)43(39,7)22-20-40(37)42/h8,15,32-35,37-40,47H,9-14,16-31,44-46H2,1-7H3/q+1. The summed E-state index contributed by atoms with van der Waals surface area (Å²) in [6, 6.07) is 0. The van der Waals surface area contributed by atoms with E-state index >= 15 is 0 Å². The van der Waals surface area contributed by atoms with E-state index in [0.717, 1.165) is 118 Å². The quantitative estimate of drug-likeness (QED) is 0.0594. The van der Waals surface area contributed by atoms with Crippen molar-refractivity contribution >= 4 is 0 Å². The molecule has 9 unspecified atom stereocenters. The third-order valence-electron chi connectivity index (χ3n) is 15.3. The minimum absolute atomic E-state index is 0.433. The van der Waals surface area contributed by atoms with Gasteiger partial charge in [0, 0.05) is 38.0 Å². The number of hydrogen-bond acceptors (Lipinski definition) is 4. The molecule has 4 aliphatic rings. The molecule has 0 amide bonds. The molecule has 7 N–H and O–H groups in total. The van der Waals surface area contributed by atoms with Gasteiger partial charge in [-0.25, -0.2) is 0 Å². The van der Waals surface area contributed by atoms with Crippen molar-refractivity contribution in [2.45, 2.75) is 138 Å². The van der Waals surface area contributed by atoms with Gasteiger partial charge < -0.3 is 27.0 Å². The van der Waals surface area contributed by atoms with Gasteiger partial charge in [0.15, 0.2) is 0 Å². The first-order valence-electron chi connectivity index (χ1n) is 21.0. The van der Waals surface area contributed by atoms with E-state index in [1.165, 1.54) is 76.3 Å². The summed E-state index contributed by atoms with van der Waals surface area (Å²) in [5.41, 5.74) is 22.3. The fraction of sp³-hybridized carbons (Fsp3) is 0.907. The minimum Gasteiger partial charge on any atom is -0.388 e. The molecule has 0 aromatic carbocycles. The molecule has 5 heteroatoms. The first-order chi connectivity index (χ1) is 23.0. The molecule has 5 nitrogen and oxygen atoms in total. The molecule has 48 heavy (non-hydrogen) atoms. The zero-order valence-corrected chi connectivity index (χ0v) is 33.0. The number of nitrogens with zero attached hydrogens (tertiary/aromatic N) is 1. The predicted molar refractivity (Wildman–Crippen MR) is 208 cm³/mol. The molecular weight excluding hydrogens is 587 g/mol. The van der Waals surface area contributed by atoms with E-state index in [1.54, 1.807) is 0 Å². The van der Waals surface area contributed by atoms with Crippen LogP contribution in [0.25, 0.3) is 0 Å². The molecule has 3 fully saturated rings. The average Bonchev–Trinajstić information content (AvgIpc) is 3.43. The van der Waals surface area contributed by atoms with E-state index in [4.69, 9.17) is 17.2 Å². The van der Waals surface area contributed by atoms with Crippen molar-refractivity contribution in [2.24, 2.45) is 75.4 Å². The molecule has 3 saturated carbocycles. The maximum Gasteiger partial charge on any atom is 0.0911 e. The Hall–Kier alpha value is -0.880. The summed E-state index contributed by atoms with van der Waals surface area (Å²) in [6.07, 6.45) is 24.1. The van der Waals surface area contributed by atoms with Gasteiger partial charge in [0.1, 0.15) is 0 Å². The Balaban J connectivity index is 1.34. The van der Waals surface area contributed by atoms with E-state index in [0.29, 0.717) is 16.7 Å². The lowest BCUT2D eigenvalue weighted by molar-refractivity contribution is -0.927. The van der Waals surface area contributed by atoms with Crippen LogP contribution in [0.3, 0.4) is 0 Å². The number of allylic oxidation sites excluding steroid dienone is 4. The molecule has 0 spiro atoms. The van der Waals surface area contributed by atoms with E-state index in [2.05, 4.69) is 65.9 Å². The summed E-state index contributed by atoms with van der Waals surface area (Å²) in [5, 5.41) is 3.93. The normalized spacial score (nSPS) is 33.5. The lowest BCUT2D eigenvalue weighted by Gasteiger charge is -2.59. The first kappa shape index (κ1) is 39.9. The number of rotatable bonds is 20. The van der Waals surface area contributed by atoms with Gasteiger partial charge >= 0.3 is 0 Å². The smallest absolute Gasteiger partial charge is 0.0911 e. The lowest BCUT2D eigenvalue weighted by atomic mass is 9.46. The van der Waals surface area contributed by atoms with Crippen molar-refractivity contribution in [1.29, 1.82) is 0 Å². The zero-order chi connectivity index (χ0) is 35.0. The largest absolute Gasteiger partial charge is 0.388 e. The van der Waals surface area contributed by atoms with E-state index < -0.39 is 0 Å². The molecule has 0 radical (unpaired) electrons. The van der Waals surface area contributed by atoms with Crippen LogP contribution in [0.1, 0.15) is 138 Å². The molecule has 278 valence electrons. The second kappa shape index (κ2) is 18.1. The van der Waals surface area contributed by atoms with Crippen LogP contribution in [0.5, 0.6) is 0 Å². The lowest BCUT2D eigenvalue weighted by Crippen LogP contribution is -2.54. The van der Waals surface area contributed by atoms with Gasteiger partial charge in [-0.2, -0.15) is 0 Å². The maximum atomic E-state index is 6.11. The highest BCUT2D eigenvalue weighted by Crippen LogP contribution is 2.67. The Kier molecular flexibility index (Phi) is 15.0. The number of hydrogen-bond donors (Lipinski definition) is 4.